The molecule has 2 aliphatic rings. The van der Waals surface area contributed by atoms with Crippen LogP contribution in [0.5, 0.6) is 0 Å². The maximum Gasteiger partial charge on any atom is 0.225 e. The molecule has 0 saturated carbocycles. The summed E-state index contributed by atoms with van der Waals surface area (Å²) < 4.78 is 12.8. The Balaban J connectivity index is 1.21. The zero-order chi connectivity index (χ0) is 24.2. The summed E-state index contributed by atoms with van der Waals surface area (Å²) in [4.78, 5) is 14.4. The number of anilines is 1. The lowest BCUT2D eigenvalue weighted by molar-refractivity contribution is 0.0398. The van der Waals surface area contributed by atoms with E-state index in [1.54, 1.807) is 6.26 Å². The van der Waals surface area contributed by atoms with Gasteiger partial charge in [-0.2, -0.15) is 4.52 Å². The smallest absolute Gasteiger partial charge is 0.225 e. The van der Waals surface area contributed by atoms with Crippen LogP contribution in [0.4, 0.5) is 5.95 Å². The van der Waals surface area contributed by atoms with Crippen LogP contribution >= 0.6 is 0 Å². The van der Waals surface area contributed by atoms with E-state index < -0.39 is 0 Å². The van der Waals surface area contributed by atoms with E-state index in [4.69, 9.17) is 24.2 Å². The normalized spacial score (nSPS) is 17.4. The first-order chi connectivity index (χ1) is 17.8. The minimum absolute atomic E-state index is 0.565. The standard InChI is InChI=1S/C27H31N7O2/c1-2-5-21(6-3-1)22-8-11-33(12-9-22)20-23-19-29-27(28-10-13-32-14-17-35-18-15-32)34-26(23)30-25(31-34)24-7-4-16-36-24/h1-8,16,19H,9-15,17-18,20H2,(H,28,29). The molecule has 4 aromatic rings. The van der Waals surface area contributed by atoms with Crippen LogP contribution in [0.3, 0.4) is 0 Å². The van der Waals surface area contributed by atoms with Crippen LogP contribution in [-0.4, -0.2) is 81.9 Å². The highest BCUT2D eigenvalue weighted by Crippen LogP contribution is 2.25. The van der Waals surface area contributed by atoms with Gasteiger partial charge in [0.1, 0.15) is 0 Å². The topological polar surface area (TPSA) is 84.0 Å². The highest BCUT2D eigenvalue weighted by molar-refractivity contribution is 5.66. The average Bonchev–Trinajstić information content (AvgIpc) is 3.62. The Bertz CT molecular complexity index is 1310. The fourth-order valence-electron chi connectivity index (χ4n) is 4.82. The lowest BCUT2D eigenvalue weighted by atomic mass is 9.99. The number of hydrogen-bond donors (Lipinski definition) is 1. The number of furan rings is 1. The van der Waals surface area contributed by atoms with E-state index >= 15 is 0 Å². The number of ether oxygens (including phenoxy) is 1. The molecular formula is C27H31N7O2. The lowest BCUT2D eigenvalue weighted by Gasteiger charge is -2.27. The molecule has 1 N–H and O–H groups in total. The van der Waals surface area contributed by atoms with Crippen molar-refractivity contribution in [3.63, 3.8) is 0 Å². The third-order valence-corrected chi connectivity index (χ3v) is 6.83. The Morgan fingerprint density at radius 1 is 0.972 bits per heavy atom. The summed E-state index contributed by atoms with van der Waals surface area (Å²) in [6.45, 7) is 7.88. The number of aromatic nitrogens is 4. The molecule has 5 heterocycles. The van der Waals surface area contributed by atoms with Crippen molar-refractivity contribution in [2.24, 2.45) is 0 Å². The van der Waals surface area contributed by atoms with Crippen molar-refractivity contribution >= 4 is 17.2 Å². The fourth-order valence-corrected chi connectivity index (χ4v) is 4.82. The summed E-state index contributed by atoms with van der Waals surface area (Å²) >= 11 is 0. The first kappa shape index (κ1) is 22.9. The van der Waals surface area contributed by atoms with Gasteiger partial charge in [0.05, 0.1) is 19.5 Å². The maximum absolute atomic E-state index is 5.58. The molecule has 0 radical (unpaired) electrons. The van der Waals surface area contributed by atoms with E-state index in [-0.39, 0.29) is 0 Å². The number of nitrogens with zero attached hydrogens (tertiary/aromatic N) is 6. The zero-order valence-electron chi connectivity index (χ0n) is 20.3. The quantitative estimate of drug-likeness (QED) is 0.407. The molecule has 0 aliphatic carbocycles. The Morgan fingerprint density at radius 3 is 2.64 bits per heavy atom. The predicted molar refractivity (Wildman–Crippen MR) is 139 cm³/mol. The first-order valence-electron chi connectivity index (χ1n) is 12.6. The monoisotopic (exact) mass is 485 g/mol. The van der Waals surface area contributed by atoms with Crippen LogP contribution in [0.25, 0.3) is 22.8 Å². The Kier molecular flexibility index (Phi) is 6.75. The summed E-state index contributed by atoms with van der Waals surface area (Å²) in [6, 6.07) is 14.4. The highest BCUT2D eigenvalue weighted by atomic mass is 16.5. The average molecular weight is 486 g/mol. The molecular weight excluding hydrogens is 454 g/mol. The number of fused-ring (bicyclic) bond motifs is 1. The van der Waals surface area contributed by atoms with Crippen molar-refractivity contribution in [2.75, 3.05) is 57.8 Å². The van der Waals surface area contributed by atoms with Gasteiger partial charge >= 0.3 is 0 Å². The molecule has 2 aliphatic heterocycles. The van der Waals surface area contributed by atoms with E-state index in [1.807, 2.05) is 22.8 Å². The second-order valence-electron chi connectivity index (χ2n) is 9.22. The van der Waals surface area contributed by atoms with Crippen LogP contribution in [-0.2, 0) is 11.3 Å². The second kappa shape index (κ2) is 10.6. The van der Waals surface area contributed by atoms with Gasteiger partial charge in [-0.05, 0) is 29.7 Å². The Labute approximate surface area is 210 Å². The summed E-state index contributed by atoms with van der Waals surface area (Å²) in [7, 11) is 0. The SMILES string of the molecule is C1=C(c2ccccc2)CCN(Cc2cnc(NCCN3CCOCC3)n3nc(-c4ccco4)nc23)C1. The summed E-state index contributed by atoms with van der Waals surface area (Å²) in [5.41, 5.74) is 4.59. The zero-order valence-corrected chi connectivity index (χ0v) is 20.3. The number of morpholine rings is 1. The summed E-state index contributed by atoms with van der Waals surface area (Å²) in [5, 5.41) is 8.21. The molecule has 1 saturated heterocycles. The van der Waals surface area contributed by atoms with E-state index in [0.29, 0.717) is 17.5 Å². The van der Waals surface area contributed by atoms with Gasteiger partial charge in [-0.3, -0.25) is 9.80 Å². The lowest BCUT2D eigenvalue weighted by Crippen LogP contribution is -2.39. The Morgan fingerprint density at radius 2 is 1.86 bits per heavy atom. The van der Waals surface area contributed by atoms with Crippen molar-refractivity contribution in [1.82, 2.24) is 29.4 Å². The predicted octanol–water partition coefficient (Wildman–Crippen LogP) is 3.42. The number of hydrogen-bond acceptors (Lipinski definition) is 8. The van der Waals surface area contributed by atoms with Crippen LogP contribution in [0.1, 0.15) is 17.5 Å². The van der Waals surface area contributed by atoms with E-state index in [9.17, 15) is 0 Å². The van der Waals surface area contributed by atoms with Gasteiger partial charge in [-0.15, -0.1) is 5.10 Å². The van der Waals surface area contributed by atoms with Crippen molar-refractivity contribution in [2.45, 2.75) is 13.0 Å². The molecule has 186 valence electrons. The van der Waals surface area contributed by atoms with Gasteiger partial charge in [0.2, 0.25) is 11.8 Å². The first-order valence-corrected chi connectivity index (χ1v) is 12.6. The molecule has 6 rings (SSSR count). The molecule has 9 nitrogen and oxygen atoms in total. The number of benzene rings is 1. The van der Waals surface area contributed by atoms with Gasteiger partial charge in [0, 0.05) is 57.6 Å². The minimum Gasteiger partial charge on any atom is -0.461 e. The minimum atomic E-state index is 0.565. The van der Waals surface area contributed by atoms with E-state index in [1.165, 1.54) is 11.1 Å². The van der Waals surface area contributed by atoms with Gasteiger partial charge in [0.15, 0.2) is 11.4 Å². The second-order valence-corrected chi connectivity index (χ2v) is 9.22. The number of nitrogens with one attached hydrogen (secondary N) is 1. The molecule has 3 aromatic heterocycles. The molecule has 0 atom stereocenters. The van der Waals surface area contributed by atoms with Crippen LogP contribution < -0.4 is 5.32 Å². The van der Waals surface area contributed by atoms with Gasteiger partial charge in [-0.25, -0.2) is 9.97 Å². The molecule has 0 bridgehead atoms. The third-order valence-electron chi connectivity index (χ3n) is 6.83. The van der Waals surface area contributed by atoms with E-state index in [2.05, 4.69) is 51.5 Å². The fraction of sp³-hybridized carbons (Fsp3) is 0.370. The van der Waals surface area contributed by atoms with Crippen LogP contribution in [0.2, 0.25) is 0 Å². The largest absolute Gasteiger partial charge is 0.461 e. The molecule has 0 spiro atoms. The van der Waals surface area contributed by atoms with Crippen molar-refractivity contribution in [1.29, 1.82) is 0 Å². The number of rotatable bonds is 8. The Hall–Kier alpha value is -3.53. The van der Waals surface area contributed by atoms with Gasteiger partial charge in [0.25, 0.3) is 0 Å². The molecule has 1 aromatic carbocycles. The highest BCUT2D eigenvalue weighted by Gasteiger charge is 2.19. The maximum atomic E-state index is 5.58. The molecule has 1 fully saturated rings. The van der Waals surface area contributed by atoms with E-state index in [0.717, 1.165) is 76.7 Å². The molecule has 9 heteroatoms. The van der Waals surface area contributed by atoms with Gasteiger partial charge < -0.3 is 14.5 Å². The van der Waals surface area contributed by atoms with Crippen LogP contribution in [0.15, 0.2) is 65.4 Å². The third kappa shape index (κ3) is 5.04. The summed E-state index contributed by atoms with van der Waals surface area (Å²) in [6.07, 6.45) is 6.94. The molecule has 0 unspecified atom stereocenters. The summed E-state index contributed by atoms with van der Waals surface area (Å²) in [5.74, 6) is 1.91. The van der Waals surface area contributed by atoms with Crippen molar-refractivity contribution in [3.8, 4) is 11.6 Å². The molecule has 0 amide bonds. The van der Waals surface area contributed by atoms with Crippen LogP contribution in [0, 0.1) is 0 Å². The van der Waals surface area contributed by atoms with Gasteiger partial charge in [-0.1, -0.05) is 36.4 Å². The molecule has 36 heavy (non-hydrogen) atoms. The van der Waals surface area contributed by atoms with Crippen molar-refractivity contribution < 1.29 is 9.15 Å². The van der Waals surface area contributed by atoms with Crippen molar-refractivity contribution in [3.05, 3.63) is 72.1 Å².